The van der Waals surface area contributed by atoms with Crippen molar-refractivity contribution in [3.63, 3.8) is 0 Å². The number of likely N-dealkylation sites (N-methyl/N-ethyl adjacent to an activating group) is 1. The molecule has 2 rings (SSSR count). The number of rotatable bonds is 10. The summed E-state index contributed by atoms with van der Waals surface area (Å²) in [7, 11) is 3.07. The van der Waals surface area contributed by atoms with Gasteiger partial charge >= 0.3 is 0 Å². The number of amides is 1. The Balaban J connectivity index is 2.10. The molecule has 10 nitrogen and oxygen atoms in total. The molecule has 0 aromatic heterocycles. The highest BCUT2D eigenvalue weighted by atomic mass is 32.2. The zero-order chi connectivity index (χ0) is 23.0. The zero-order valence-corrected chi connectivity index (χ0v) is 18.7. The maximum absolute atomic E-state index is 12.9. The van der Waals surface area contributed by atoms with E-state index in [9.17, 15) is 13.2 Å². The van der Waals surface area contributed by atoms with Gasteiger partial charge in [0.25, 0.3) is 5.91 Å². The fraction of sp³-hybridized carbons (Fsp3) is 0.300. The summed E-state index contributed by atoms with van der Waals surface area (Å²) >= 11 is 0. The van der Waals surface area contributed by atoms with E-state index in [1.54, 1.807) is 24.3 Å². The maximum Gasteiger partial charge on any atom is 0.255 e. The number of carbonyl (C=O) groups is 1. The maximum atomic E-state index is 12.9. The van der Waals surface area contributed by atoms with Crippen LogP contribution in [0.3, 0.4) is 0 Å². The van der Waals surface area contributed by atoms with Crippen LogP contribution in [0, 0.1) is 0 Å². The zero-order valence-electron chi connectivity index (χ0n) is 17.9. The Morgan fingerprint density at radius 3 is 2.19 bits per heavy atom. The first-order valence-corrected chi connectivity index (χ1v) is 10.4. The molecule has 0 aliphatic carbocycles. The third-order valence-electron chi connectivity index (χ3n) is 4.26. The normalized spacial score (nSPS) is 11.4. The molecule has 2 aromatic carbocycles. The van der Waals surface area contributed by atoms with Crippen LogP contribution in [0.4, 0.5) is 0 Å². The second kappa shape index (κ2) is 10.6. The topological polar surface area (TPSA) is 116 Å². The fourth-order valence-corrected chi connectivity index (χ4v) is 3.87. The number of nitrogens with one attached hydrogen (secondary N) is 1. The summed E-state index contributed by atoms with van der Waals surface area (Å²) in [5, 5.41) is 3.86. The van der Waals surface area contributed by atoms with Gasteiger partial charge in [0.1, 0.15) is 27.9 Å². The average Bonchev–Trinajstić information content (AvgIpc) is 2.78. The number of carbonyl (C=O) groups excluding carboxylic acids is 1. The molecular formula is C20H25N3O7S. The molecule has 0 atom stereocenters. The molecular weight excluding hydrogens is 426 g/mol. The first kappa shape index (κ1) is 24.0. The summed E-state index contributed by atoms with van der Waals surface area (Å²) in [6.45, 7) is -0.459. The minimum atomic E-state index is -4.02. The van der Waals surface area contributed by atoms with Gasteiger partial charge in [-0.05, 0) is 24.3 Å². The van der Waals surface area contributed by atoms with E-state index in [1.807, 2.05) is 0 Å². The van der Waals surface area contributed by atoms with Gasteiger partial charge in [-0.1, -0.05) is 0 Å². The summed E-state index contributed by atoms with van der Waals surface area (Å²) in [4.78, 5) is 12.1. The lowest BCUT2D eigenvalue weighted by molar-refractivity contribution is -0.121. The molecule has 31 heavy (non-hydrogen) atoms. The minimum Gasteiger partial charge on any atom is -0.497 e. The first-order chi connectivity index (χ1) is 14.8. The molecule has 0 aliphatic heterocycles. The molecule has 2 aromatic rings. The second-order valence-electron chi connectivity index (χ2n) is 6.18. The van der Waals surface area contributed by atoms with Crippen molar-refractivity contribution >= 4 is 22.1 Å². The Kier molecular flexibility index (Phi) is 8.22. The number of methoxy groups -OCH3 is 4. The highest BCUT2D eigenvalue weighted by molar-refractivity contribution is 7.89. The van der Waals surface area contributed by atoms with Gasteiger partial charge < -0.3 is 18.9 Å². The predicted octanol–water partition coefficient (Wildman–Crippen LogP) is 1.49. The third kappa shape index (κ3) is 5.86. The van der Waals surface area contributed by atoms with E-state index >= 15 is 0 Å². The van der Waals surface area contributed by atoms with E-state index in [1.165, 1.54) is 53.8 Å². The van der Waals surface area contributed by atoms with Crippen molar-refractivity contribution in [2.24, 2.45) is 5.10 Å². The Morgan fingerprint density at radius 1 is 0.968 bits per heavy atom. The number of hydrogen-bond acceptors (Lipinski definition) is 8. The van der Waals surface area contributed by atoms with Gasteiger partial charge in [0.15, 0.2) is 0 Å². The summed E-state index contributed by atoms with van der Waals surface area (Å²) in [6.07, 6.45) is 1.38. The molecule has 0 radical (unpaired) electrons. The monoisotopic (exact) mass is 451 g/mol. The molecule has 0 spiro atoms. The third-order valence-corrected chi connectivity index (χ3v) is 6.08. The molecule has 1 N–H and O–H groups in total. The molecule has 0 unspecified atom stereocenters. The van der Waals surface area contributed by atoms with Crippen molar-refractivity contribution in [3.05, 3.63) is 42.0 Å². The molecule has 0 saturated carbocycles. The molecule has 0 aliphatic rings. The van der Waals surface area contributed by atoms with Crippen molar-refractivity contribution in [3.8, 4) is 23.0 Å². The van der Waals surface area contributed by atoms with Crippen molar-refractivity contribution in [1.82, 2.24) is 9.73 Å². The van der Waals surface area contributed by atoms with Gasteiger partial charge in [-0.15, -0.1) is 0 Å². The van der Waals surface area contributed by atoms with Gasteiger partial charge in [-0.2, -0.15) is 9.41 Å². The van der Waals surface area contributed by atoms with Crippen LogP contribution in [-0.4, -0.2) is 66.9 Å². The summed E-state index contributed by atoms with van der Waals surface area (Å²) < 4.78 is 47.3. The Hall–Kier alpha value is -3.31. The molecule has 0 fully saturated rings. The van der Waals surface area contributed by atoms with Crippen LogP contribution < -0.4 is 24.4 Å². The van der Waals surface area contributed by atoms with Crippen LogP contribution in [0.2, 0.25) is 0 Å². The molecule has 1 amide bonds. The number of benzene rings is 2. The van der Waals surface area contributed by atoms with Gasteiger partial charge in [0.2, 0.25) is 10.0 Å². The highest BCUT2D eigenvalue weighted by Crippen LogP contribution is 2.30. The van der Waals surface area contributed by atoms with Crippen LogP contribution in [0.5, 0.6) is 23.0 Å². The molecule has 0 saturated heterocycles. The lowest BCUT2D eigenvalue weighted by Gasteiger charge is -2.18. The minimum absolute atomic E-state index is 0.115. The molecule has 168 valence electrons. The molecule has 0 heterocycles. The van der Waals surface area contributed by atoms with Gasteiger partial charge in [0.05, 0.1) is 41.2 Å². The van der Waals surface area contributed by atoms with Crippen molar-refractivity contribution in [2.45, 2.75) is 4.90 Å². The average molecular weight is 452 g/mol. The van der Waals surface area contributed by atoms with Crippen molar-refractivity contribution in [1.29, 1.82) is 0 Å². The van der Waals surface area contributed by atoms with E-state index in [2.05, 4.69) is 10.5 Å². The van der Waals surface area contributed by atoms with Crippen LogP contribution in [0.15, 0.2) is 46.4 Å². The summed E-state index contributed by atoms with van der Waals surface area (Å²) in [5.41, 5.74) is 2.90. The van der Waals surface area contributed by atoms with Gasteiger partial charge in [0, 0.05) is 24.7 Å². The van der Waals surface area contributed by atoms with E-state index in [0.717, 1.165) is 4.31 Å². The van der Waals surface area contributed by atoms with Crippen LogP contribution in [0.25, 0.3) is 0 Å². The lowest BCUT2D eigenvalue weighted by Crippen LogP contribution is -2.36. The standard InChI is InChI=1S/C20H25N3O7S/c1-23(31(25,26)19-11-16(28-3)8-9-17(19)29-4)13-20(24)22-21-12-14-6-7-15(27-2)10-18(14)30-5/h6-12H,13H2,1-5H3,(H,22,24). The summed E-state index contributed by atoms with van der Waals surface area (Å²) in [5.74, 6) is 0.963. The van der Waals surface area contributed by atoms with Crippen LogP contribution in [0.1, 0.15) is 5.56 Å². The van der Waals surface area contributed by atoms with E-state index in [-0.39, 0.29) is 10.6 Å². The largest absolute Gasteiger partial charge is 0.497 e. The SMILES string of the molecule is COc1ccc(C=NNC(=O)CN(C)S(=O)(=O)c2cc(OC)ccc2OC)c(OC)c1. The van der Waals surface area contributed by atoms with Crippen LogP contribution >= 0.6 is 0 Å². The first-order valence-electron chi connectivity index (χ1n) is 8.99. The Morgan fingerprint density at radius 2 is 1.58 bits per heavy atom. The van der Waals surface area contributed by atoms with Crippen LogP contribution in [-0.2, 0) is 14.8 Å². The quantitative estimate of drug-likeness (QED) is 0.430. The molecule has 11 heteroatoms. The number of hydrogen-bond donors (Lipinski definition) is 1. The number of hydrazone groups is 1. The lowest BCUT2D eigenvalue weighted by atomic mass is 10.2. The van der Waals surface area contributed by atoms with Crippen molar-refractivity contribution in [2.75, 3.05) is 42.0 Å². The smallest absolute Gasteiger partial charge is 0.255 e. The number of nitrogens with zero attached hydrogens (tertiary/aromatic N) is 2. The summed E-state index contributed by atoms with van der Waals surface area (Å²) in [6, 6.07) is 9.48. The van der Waals surface area contributed by atoms with Gasteiger partial charge in [-0.25, -0.2) is 13.8 Å². The fourth-order valence-electron chi connectivity index (χ4n) is 2.57. The highest BCUT2D eigenvalue weighted by Gasteiger charge is 2.27. The Bertz CT molecular complexity index is 1050. The van der Waals surface area contributed by atoms with E-state index in [0.29, 0.717) is 22.8 Å². The number of sulfonamides is 1. The van der Waals surface area contributed by atoms with Crippen molar-refractivity contribution < 1.29 is 32.2 Å². The number of ether oxygens (including phenoxy) is 4. The predicted molar refractivity (Wildman–Crippen MR) is 115 cm³/mol. The second-order valence-corrected chi connectivity index (χ2v) is 8.19. The van der Waals surface area contributed by atoms with Gasteiger partial charge in [-0.3, -0.25) is 4.79 Å². The Labute approximate surface area is 181 Å². The molecule has 0 bridgehead atoms. The van der Waals surface area contributed by atoms with E-state index in [4.69, 9.17) is 18.9 Å². The van der Waals surface area contributed by atoms with E-state index < -0.39 is 22.5 Å².